The molecule has 0 bridgehead atoms. The van der Waals surface area contributed by atoms with Crippen LogP contribution in [0.25, 0.3) is 0 Å². The second-order valence-corrected chi connectivity index (χ2v) is 6.04. The van der Waals surface area contributed by atoms with E-state index in [9.17, 15) is 4.79 Å². The highest BCUT2D eigenvalue weighted by atomic mass is 16.1. The maximum absolute atomic E-state index is 12.3. The Balaban J connectivity index is 2.19. The highest BCUT2D eigenvalue weighted by molar-refractivity contribution is 6.03. The van der Waals surface area contributed by atoms with Crippen LogP contribution in [0.4, 0.5) is 5.69 Å². The lowest BCUT2D eigenvalue weighted by molar-refractivity contribution is 0.102. The van der Waals surface area contributed by atoms with E-state index in [1.165, 1.54) is 0 Å². The van der Waals surface area contributed by atoms with Crippen LogP contribution in [0.1, 0.15) is 36.8 Å². The molecule has 0 radical (unpaired) electrons. The van der Waals surface area contributed by atoms with Gasteiger partial charge in [-0.25, -0.2) is 4.98 Å². The van der Waals surface area contributed by atoms with Crippen molar-refractivity contribution in [2.24, 2.45) is 5.73 Å². The number of carbonyl (C=O) groups is 1. The van der Waals surface area contributed by atoms with Gasteiger partial charge in [0.25, 0.3) is 5.91 Å². The summed E-state index contributed by atoms with van der Waals surface area (Å²) in [6.45, 7) is 7.53. The molecule has 112 valence electrons. The quantitative estimate of drug-likeness (QED) is 0.906. The Bertz CT molecular complexity index is 625. The van der Waals surface area contributed by atoms with Gasteiger partial charge in [-0.1, -0.05) is 39.0 Å². The number of carbonyl (C=O) groups excluding carboxylic acids is 1. The molecule has 0 spiro atoms. The molecule has 1 amide bonds. The minimum atomic E-state index is -0.206. The molecule has 0 atom stereocenters. The highest BCUT2D eigenvalue weighted by Gasteiger charge is 2.19. The van der Waals surface area contributed by atoms with Gasteiger partial charge in [0.05, 0.1) is 6.33 Å². The molecule has 0 saturated carbocycles. The van der Waals surface area contributed by atoms with Gasteiger partial charge in [-0.3, -0.25) is 4.79 Å². The molecular formula is C16H22N4O. The summed E-state index contributed by atoms with van der Waals surface area (Å²) < 4.78 is 1.81. The smallest absolute Gasteiger partial charge is 0.275 e. The third-order valence-corrected chi connectivity index (χ3v) is 3.24. The van der Waals surface area contributed by atoms with Crippen molar-refractivity contribution in [2.45, 2.75) is 32.7 Å². The average Bonchev–Trinajstić information content (AvgIpc) is 2.87. The Hall–Kier alpha value is -2.14. The summed E-state index contributed by atoms with van der Waals surface area (Å²) in [6, 6.07) is 7.84. The van der Waals surface area contributed by atoms with Crippen LogP contribution in [0.2, 0.25) is 0 Å². The van der Waals surface area contributed by atoms with Crippen LogP contribution < -0.4 is 11.1 Å². The van der Waals surface area contributed by atoms with Crippen molar-refractivity contribution in [2.75, 3.05) is 11.9 Å². The first kappa shape index (κ1) is 15.3. The fraction of sp³-hybridized carbons (Fsp3) is 0.375. The number of rotatable bonds is 4. The maximum atomic E-state index is 12.3. The molecule has 0 aliphatic carbocycles. The van der Waals surface area contributed by atoms with E-state index in [-0.39, 0.29) is 11.3 Å². The predicted molar refractivity (Wildman–Crippen MR) is 84.4 cm³/mol. The molecule has 1 aromatic heterocycles. The molecular weight excluding hydrogens is 264 g/mol. The average molecular weight is 286 g/mol. The van der Waals surface area contributed by atoms with Crippen LogP contribution in [0.3, 0.4) is 0 Å². The Morgan fingerprint density at radius 1 is 1.33 bits per heavy atom. The number of benzene rings is 1. The van der Waals surface area contributed by atoms with Crippen LogP contribution in [-0.2, 0) is 12.0 Å². The zero-order chi connectivity index (χ0) is 15.5. The normalized spacial score (nSPS) is 11.4. The number of nitrogens with one attached hydrogen (secondary N) is 1. The van der Waals surface area contributed by atoms with Crippen molar-refractivity contribution in [1.29, 1.82) is 0 Å². The van der Waals surface area contributed by atoms with Crippen LogP contribution >= 0.6 is 0 Å². The van der Waals surface area contributed by atoms with Gasteiger partial charge >= 0.3 is 0 Å². The number of hydrogen-bond donors (Lipinski definition) is 2. The fourth-order valence-corrected chi connectivity index (χ4v) is 2.18. The SMILES string of the molecule is CC(C)(C)c1ccccc1NC(=O)c1cn(CCN)cn1. The predicted octanol–water partition coefficient (Wildman–Crippen LogP) is 2.39. The Kier molecular flexibility index (Phi) is 4.43. The maximum Gasteiger partial charge on any atom is 0.275 e. The summed E-state index contributed by atoms with van der Waals surface area (Å²) in [6.07, 6.45) is 3.33. The molecule has 2 rings (SSSR count). The number of hydrogen-bond acceptors (Lipinski definition) is 3. The van der Waals surface area contributed by atoms with Gasteiger partial charge in [-0.15, -0.1) is 0 Å². The largest absolute Gasteiger partial charge is 0.335 e. The van der Waals surface area contributed by atoms with Crippen molar-refractivity contribution in [3.8, 4) is 0 Å². The van der Waals surface area contributed by atoms with Gasteiger partial charge in [0.15, 0.2) is 0 Å². The van der Waals surface area contributed by atoms with Gasteiger partial charge in [-0.05, 0) is 17.0 Å². The van der Waals surface area contributed by atoms with Crippen molar-refractivity contribution in [3.63, 3.8) is 0 Å². The monoisotopic (exact) mass is 286 g/mol. The van der Waals surface area contributed by atoms with Crippen LogP contribution in [0, 0.1) is 0 Å². The molecule has 1 aromatic carbocycles. The van der Waals surface area contributed by atoms with E-state index >= 15 is 0 Å². The lowest BCUT2D eigenvalue weighted by Gasteiger charge is -2.22. The van der Waals surface area contributed by atoms with E-state index in [0.717, 1.165) is 11.3 Å². The van der Waals surface area contributed by atoms with E-state index < -0.39 is 0 Å². The number of para-hydroxylation sites is 1. The first-order valence-corrected chi connectivity index (χ1v) is 7.04. The third kappa shape index (κ3) is 3.70. The topological polar surface area (TPSA) is 72.9 Å². The number of imidazole rings is 1. The molecule has 0 unspecified atom stereocenters. The summed E-state index contributed by atoms with van der Waals surface area (Å²) in [4.78, 5) is 16.4. The Morgan fingerprint density at radius 3 is 2.71 bits per heavy atom. The lowest BCUT2D eigenvalue weighted by Crippen LogP contribution is -2.19. The van der Waals surface area contributed by atoms with Crippen molar-refractivity contribution in [3.05, 3.63) is 48.0 Å². The van der Waals surface area contributed by atoms with Gasteiger partial charge in [-0.2, -0.15) is 0 Å². The molecule has 3 N–H and O–H groups in total. The van der Waals surface area contributed by atoms with Gasteiger partial charge < -0.3 is 15.6 Å². The van der Waals surface area contributed by atoms with E-state index in [1.54, 1.807) is 12.5 Å². The summed E-state index contributed by atoms with van der Waals surface area (Å²) in [7, 11) is 0. The van der Waals surface area contributed by atoms with Crippen LogP contribution in [-0.4, -0.2) is 22.0 Å². The molecule has 2 aromatic rings. The number of anilines is 1. The molecule has 21 heavy (non-hydrogen) atoms. The Morgan fingerprint density at radius 2 is 2.05 bits per heavy atom. The number of amides is 1. The first-order chi connectivity index (χ1) is 9.91. The number of aromatic nitrogens is 2. The van der Waals surface area contributed by atoms with Crippen LogP contribution in [0.5, 0.6) is 0 Å². The molecule has 5 heteroatoms. The number of nitrogens with zero attached hydrogens (tertiary/aromatic N) is 2. The summed E-state index contributed by atoms with van der Waals surface area (Å²) in [5.74, 6) is -0.206. The van der Waals surface area contributed by atoms with Crippen LogP contribution in [0.15, 0.2) is 36.8 Å². The van der Waals surface area contributed by atoms with Gasteiger partial charge in [0, 0.05) is 25.0 Å². The fourth-order valence-electron chi connectivity index (χ4n) is 2.18. The lowest BCUT2D eigenvalue weighted by atomic mass is 9.86. The molecule has 0 fully saturated rings. The van der Waals surface area contributed by atoms with E-state index in [1.807, 2.05) is 28.8 Å². The number of nitrogens with two attached hydrogens (primary N) is 1. The molecule has 0 saturated heterocycles. The third-order valence-electron chi connectivity index (χ3n) is 3.24. The van der Waals surface area contributed by atoms with E-state index in [4.69, 9.17) is 5.73 Å². The molecule has 5 nitrogen and oxygen atoms in total. The summed E-state index contributed by atoms with van der Waals surface area (Å²) >= 11 is 0. The molecule has 0 aliphatic rings. The second kappa shape index (κ2) is 6.10. The standard InChI is InChI=1S/C16H22N4O/c1-16(2,3)12-6-4-5-7-13(12)19-15(21)14-10-20(9-8-17)11-18-14/h4-7,10-11H,8-9,17H2,1-3H3,(H,19,21). The van der Waals surface area contributed by atoms with Crippen molar-refractivity contribution in [1.82, 2.24) is 9.55 Å². The summed E-state index contributed by atoms with van der Waals surface area (Å²) in [5, 5.41) is 2.94. The minimum absolute atomic E-state index is 0.0389. The minimum Gasteiger partial charge on any atom is -0.335 e. The van der Waals surface area contributed by atoms with Crippen molar-refractivity contribution < 1.29 is 4.79 Å². The van der Waals surface area contributed by atoms with Gasteiger partial charge in [0.2, 0.25) is 0 Å². The first-order valence-electron chi connectivity index (χ1n) is 7.04. The zero-order valence-corrected chi connectivity index (χ0v) is 12.8. The van der Waals surface area contributed by atoms with Gasteiger partial charge in [0.1, 0.15) is 5.69 Å². The van der Waals surface area contributed by atoms with Crippen molar-refractivity contribution >= 4 is 11.6 Å². The summed E-state index contributed by atoms with van der Waals surface area (Å²) in [5.41, 5.74) is 7.76. The van der Waals surface area contributed by atoms with E-state index in [0.29, 0.717) is 18.8 Å². The Labute approximate surface area is 125 Å². The molecule has 0 aliphatic heterocycles. The van der Waals surface area contributed by atoms with E-state index in [2.05, 4.69) is 31.1 Å². The highest BCUT2D eigenvalue weighted by Crippen LogP contribution is 2.29. The second-order valence-electron chi connectivity index (χ2n) is 6.04. The zero-order valence-electron chi connectivity index (χ0n) is 12.8. The molecule has 1 heterocycles.